The average Bonchev–Trinajstić information content (AvgIpc) is 2.56. The number of ether oxygens (including phenoxy) is 1. The van der Waals surface area contributed by atoms with E-state index in [1.807, 2.05) is 0 Å². The molecule has 0 unspecified atom stereocenters. The Balaban J connectivity index is 2.09. The fraction of sp³-hybridized carbons (Fsp3) is 0.500. The molecule has 2 rings (SSSR count). The van der Waals surface area contributed by atoms with Gasteiger partial charge in [-0.25, -0.2) is 15.2 Å². The minimum atomic E-state index is -4.67. The number of alkyl halides is 3. The predicted octanol–water partition coefficient (Wildman–Crippen LogP) is -0.354. The highest BCUT2D eigenvalue weighted by Crippen LogP contribution is 2.29. The van der Waals surface area contributed by atoms with E-state index in [1.54, 1.807) is 0 Å². The SMILES string of the molecule is CC(=O)NNC(=O)N1C[C@H](Oc2cccc(C(F)(F)F)n2)[C@@H](O)[C@@H](O)C1. The molecule has 0 aliphatic carbocycles. The molecule has 0 aromatic carbocycles. The third-order valence-electron chi connectivity index (χ3n) is 3.50. The lowest BCUT2D eigenvalue weighted by Gasteiger charge is -2.38. The topological polar surface area (TPSA) is 124 Å². The summed E-state index contributed by atoms with van der Waals surface area (Å²) in [7, 11) is 0. The van der Waals surface area contributed by atoms with E-state index in [9.17, 15) is 33.0 Å². The van der Waals surface area contributed by atoms with Crippen LogP contribution in [0.1, 0.15) is 12.6 Å². The van der Waals surface area contributed by atoms with Crippen molar-refractivity contribution in [2.24, 2.45) is 0 Å². The first-order chi connectivity index (χ1) is 12.1. The second kappa shape index (κ2) is 7.74. The fourth-order valence-corrected chi connectivity index (χ4v) is 2.27. The lowest BCUT2D eigenvalue weighted by Crippen LogP contribution is -2.61. The molecule has 1 aromatic rings. The number of carbonyl (C=O) groups excluding carboxylic acids is 2. The van der Waals surface area contributed by atoms with Crippen LogP contribution in [0.4, 0.5) is 18.0 Å². The van der Waals surface area contributed by atoms with Crippen LogP contribution in [0.3, 0.4) is 0 Å². The van der Waals surface area contributed by atoms with Crippen LogP contribution in [0.25, 0.3) is 0 Å². The molecule has 26 heavy (non-hydrogen) atoms. The second-order valence-electron chi connectivity index (χ2n) is 5.59. The van der Waals surface area contributed by atoms with E-state index in [1.165, 1.54) is 6.92 Å². The minimum absolute atomic E-state index is 0.248. The number of aromatic nitrogens is 1. The summed E-state index contributed by atoms with van der Waals surface area (Å²) in [4.78, 5) is 27.1. The first-order valence-electron chi connectivity index (χ1n) is 7.46. The molecule has 0 radical (unpaired) electrons. The first kappa shape index (κ1) is 19.7. The van der Waals surface area contributed by atoms with Gasteiger partial charge in [0.2, 0.25) is 11.8 Å². The molecule has 144 valence electrons. The lowest BCUT2D eigenvalue weighted by molar-refractivity contribution is -0.141. The Labute approximate surface area is 145 Å². The van der Waals surface area contributed by atoms with Crippen LogP contribution in [0.2, 0.25) is 0 Å². The monoisotopic (exact) mass is 378 g/mol. The largest absolute Gasteiger partial charge is 0.470 e. The van der Waals surface area contributed by atoms with E-state index in [0.717, 1.165) is 23.1 Å². The van der Waals surface area contributed by atoms with Crippen LogP contribution in [0, 0.1) is 0 Å². The second-order valence-corrected chi connectivity index (χ2v) is 5.59. The standard InChI is InChI=1S/C14H17F3N4O5/c1-7(22)19-20-13(25)21-5-8(23)12(24)9(6-21)26-11-4-2-3-10(18-11)14(15,16)17/h2-4,8-9,12,23-24H,5-6H2,1H3,(H,19,22)(H,20,25)/t8-,9-,12-/m0/s1. The van der Waals surface area contributed by atoms with Gasteiger partial charge in [0.05, 0.1) is 13.1 Å². The Bertz CT molecular complexity index is 672. The number of aliphatic hydroxyl groups is 2. The quantitative estimate of drug-likeness (QED) is 0.522. The van der Waals surface area contributed by atoms with Crippen molar-refractivity contribution >= 4 is 11.9 Å². The number of β-amino-alcohol motifs (C(OH)–C–C–N with tert-alkyl or cyclic N) is 1. The van der Waals surface area contributed by atoms with E-state index in [0.29, 0.717) is 0 Å². The number of piperidine rings is 1. The molecule has 3 amide bonds. The number of nitrogens with one attached hydrogen (secondary N) is 2. The fourth-order valence-electron chi connectivity index (χ4n) is 2.27. The molecule has 0 spiro atoms. The van der Waals surface area contributed by atoms with Crippen LogP contribution in [0.5, 0.6) is 5.88 Å². The van der Waals surface area contributed by atoms with E-state index in [-0.39, 0.29) is 13.1 Å². The van der Waals surface area contributed by atoms with E-state index >= 15 is 0 Å². The number of nitrogens with zero attached hydrogens (tertiary/aromatic N) is 2. The van der Waals surface area contributed by atoms with Crippen molar-refractivity contribution in [3.63, 3.8) is 0 Å². The number of hydrogen-bond donors (Lipinski definition) is 4. The number of pyridine rings is 1. The smallest absolute Gasteiger partial charge is 0.433 e. The zero-order valence-electron chi connectivity index (χ0n) is 13.5. The van der Waals surface area contributed by atoms with Gasteiger partial charge in [0.15, 0.2) is 0 Å². The Morgan fingerprint density at radius 2 is 1.96 bits per heavy atom. The van der Waals surface area contributed by atoms with Gasteiger partial charge in [-0.05, 0) is 6.07 Å². The van der Waals surface area contributed by atoms with E-state index < -0.39 is 48.0 Å². The molecule has 2 heterocycles. The third-order valence-corrected chi connectivity index (χ3v) is 3.50. The molecular weight excluding hydrogens is 361 g/mol. The number of hydrogen-bond acceptors (Lipinski definition) is 6. The van der Waals surface area contributed by atoms with Crippen molar-refractivity contribution in [2.75, 3.05) is 13.1 Å². The highest BCUT2D eigenvalue weighted by Gasteiger charge is 2.39. The van der Waals surface area contributed by atoms with Crippen molar-refractivity contribution in [1.29, 1.82) is 0 Å². The summed E-state index contributed by atoms with van der Waals surface area (Å²) in [6.45, 7) is 0.657. The highest BCUT2D eigenvalue weighted by atomic mass is 19.4. The Morgan fingerprint density at radius 3 is 2.58 bits per heavy atom. The summed E-state index contributed by atoms with van der Waals surface area (Å²) >= 11 is 0. The van der Waals surface area contributed by atoms with Gasteiger partial charge in [0.25, 0.3) is 0 Å². The Kier molecular flexibility index (Phi) is 5.87. The number of rotatable bonds is 2. The van der Waals surface area contributed by atoms with Crippen LogP contribution in [-0.2, 0) is 11.0 Å². The van der Waals surface area contributed by atoms with Crippen LogP contribution < -0.4 is 15.6 Å². The van der Waals surface area contributed by atoms with Gasteiger partial charge >= 0.3 is 12.2 Å². The van der Waals surface area contributed by atoms with E-state index in [2.05, 4.69) is 15.8 Å². The summed E-state index contributed by atoms with van der Waals surface area (Å²) in [6.07, 6.45) is -8.74. The van der Waals surface area contributed by atoms with Gasteiger partial charge in [-0.2, -0.15) is 13.2 Å². The molecular formula is C14H17F3N4O5. The van der Waals surface area contributed by atoms with Crippen molar-refractivity contribution in [3.05, 3.63) is 23.9 Å². The van der Waals surface area contributed by atoms with Crippen LogP contribution >= 0.6 is 0 Å². The molecule has 0 bridgehead atoms. The molecule has 0 saturated carbocycles. The van der Waals surface area contributed by atoms with Gasteiger partial charge in [0, 0.05) is 13.0 Å². The molecule has 1 aromatic heterocycles. The predicted molar refractivity (Wildman–Crippen MR) is 79.6 cm³/mol. The maximum Gasteiger partial charge on any atom is 0.433 e. The number of hydrazine groups is 1. The number of aliphatic hydroxyl groups excluding tert-OH is 2. The van der Waals surface area contributed by atoms with Crippen LogP contribution in [-0.4, -0.2) is 63.4 Å². The summed E-state index contributed by atoms with van der Waals surface area (Å²) in [5.41, 5.74) is 2.95. The van der Waals surface area contributed by atoms with Gasteiger partial charge in [-0.15, -0.1) is 0 Å². The molecule has 3 atom stereocenters. The number of halogens is 3. The lowest BCUT2D eigenvalue weighted by atomic mass is 10.0. The summed E-state index contributed by atoms with van der Waals surface area (Å²) in [6, 6.07) is 2.21. The third kappa shape index (κ3) is 4.95. The summed E-state index contributed by atoms with van der Waals surface area (Å²) in [5.74, 6) is -0.947. The molecule has 12 heteroatoms. The Morgan fingerprint density at radius 1 is 1.27 bits per heavy atom. The average molecular weight is 378 g/mol. The molecule has 1 aliphatic rings. The first-order valence-corrected chi connectivity index (χ1v) is 7.46. The van der Waals surface area contributed by atoms with Gasteiger partial charge in [0.1, 0.15) is 24.0 Å². The normalized spacial score (nSPS) is 23.3. The summed E-state index contributed by atoms with van der Waals surface area (Å²) < 4.78 is 43.3. The molecule has 1 fully saturated rings. The molecule has 9 nitrogen and oxygen atoms in total. The zero-order chi connectivity index (χ0) is 19.5. The maximum atomic E-state index is 12.7. The number of carbonyl (C=O) groups is 2. The number of amides is 3. The van der Waals surface area contributed by atoms with Crippen molar-refractivity contribution in [2.45, 2.75) is 31.4 Å². The van der Waals surface area contributed by atoms with Gasteiger partial charge in [-0.3, -0.25) is 10.2 Å². The van der Waals surface area contributed by atoms with Gasteiger partial charge < -0.3 is 19.8 Å². The zero-order valence-corrected chi connectivity index (χ0v) is 13.5. The number of likely N-dealkylation sites (tertiary alicyclic amines) is 1. The summed E-state index contributed by atoms with van der Waals surface area (Å²) in [5, 5.41) is 19.9. The molecule has 1 saturated heterocycles. The van der Waals surface area contributed by atoms with Crippen molar-refractivity contribution in [3.8, 4) is 5.88 Å². The van der Waals surface area contributed by atoms with E-state index in [4.69, 9.17) is 4.74 Å². The number of urea groups is 1. The highest BCUT2D eigenvalue weighted by molar-refractivity contribution is 5.79. The maximum absolute atomic E-state index is 12.7. The molecule has 4 N–H and O–H groups in total. The molecule has 1 aliphatic heterocycles. The van der Waals surface area contributed by atoms with Crippen molar-refractivity contribution < 1.29 is 37.7 Å². The van der Waals surface area contributed by atoms with Crippen molar-refractivity contribution in [1.82, 2.24) is 20.7 Å². The minimum Gasteiger partial charge on any atom is -0.470 e. The Hall–Kier alpha value is -2.60. The van der Waals surface area contributed by atoms with Crippen LogP contribution in [0.15, 0.2) is 18.2 Å². The van der Waals surface area contributed by atoms with Gasteiger partial charge in [-0.1, -0.05) is 6.07 Å².